The van der Waals surface area contributed by atoms with Gasteiger partial charge in [0, 0.05) is 27.6 Å². The molecular weight excluding hydrogens is 354 g/mol. The Kier molecular flexibility index (Phi) is 2.26. The largest absolute Gasteiger partial charge is 0.339 e. The molecule has 6 aliphatic rings. The second-order valence-corrected chi connectivity index (χ2v) is 9.41. The lowest BCUT2D eigenvalue weighted by molar-refractivity contribution is 0.149. The first kappa shape index (κ1) is 13.0. The normalized spacial score (nSPS) is 51.3. The Bertz CT molecular complexity index is 750. The van der Waals surface area contributed by atoms with Crippen molar-refractivity contribution in [2.45, 2.75) is 17.2 Å². The number of nitrogens with zero attached hydrogens (tertiary/aromatic N) is 1. The van der Waals surface area contributed by atoms with Crippen molar-refractivity contribution in [3.05, 3.63) is 30.3 Å². The third-order valence-electron chi connectivity index (χ3n) is 7.38. The van der Waals surface area contributed by atoms with E-state index in [-0.39, 0.29) is 6.03 Å². The summed E-state index contributed by atoms with van der Waals surface area (Å²) in [4.78, 5) is 12.1. The molecule has 23 heavy (non-hydrogen) atoms. The molecule has 2 amide bonds. The van der Waals surface area contributed by atoms with Gasteiger partial charge in [0.05, 0.1) is 0 Å². The maximum Gasteiger partial charge on any atom is 0.339 e. The average molecular weight is 372 g/mol. The van der Waals surface area contributed by atoms with Crippen LogP contribution in [0.5, 0.6) is 0 Å². The number of urea groups is 1. The molecule has 5 heteroatoms. The first-order chi connectivity index (χ1) is 11.2. The molecule has 0 saturated heterocycles. The van der Waals surface area contributed by atoms with E-state index in [0.717, 1.165) is 35.3 Å². The number of rotatable bonds is 2. The van der Waals surface area contributed by atoms with E-state index >= 15 is 0 Å². The smallest absolute Gasteiger partial charge is 0.307 e. The van der Waals surface area contributed by atoms with Crippen molar-refractivity contribution in [3.8, 4) is 0 Å². The van der Waals surface area contributed by atoms with Crippen molar-refractivity contribution in [2.75, 3.05) is 5.32 Å². The molecule has 6 bridgehead atoms. The molecule has 0 radical (unpaired) electrons. The predicted molar refractivity (Wildman–Crippen MR) is 91.4 cm³/mol. The van der Waals surface area contributed by atoms with Gasteiger partial charge in [-0.2, -0.15) is 5.10 Å². The molecule has 8 atom stereocenters. The maximum atomic E-state index is 12.1. The topological polar surface area (TPSA) is 53.5 Å². The molecule has 6 aliphatic carbocycles. The second-order valence-electron chi connectivity index (χ2n) is 7.93. The Hall–Kier alpha value is -1.36. The highest BCUT2D eigenvalue weighted by Gasteiger charge is 2.84. The zero-order valence-corrected chi connectivity index (χ0v) is 14.2. The van der Waals surface area contributed by atoms with Gasteiger partial charge in [-0.25, -0.2) is 10.2 Å². The quantitative estimate of drug-likeness (QED) is 0.606. The van der Waals surface area contributed by atoms with Crippen molar-refractivity contribution in [3.63, 3.8) is 0 Å². The number of para-hydroxylation sites is 1. The zero-order valence-electron chi connectivity index (χ0n) is 12.6. The van der Waals surface area contributed by atoms with Gasteiger partial charge in [0.15, 0.2) is 0 Å². The number of carbonyl (C=O) groups is 1. The number of halogens is 1. The van der Waals surface area contributed by atoms with E-state index in [1.54, 1.807) is 0 Å². The Morgan fingerprint density at radius 3 is 2.83 bits per heavy atom. The molecular formula is C18H18BrN3O. The molecule has 118 valence electrons. The number of nitrogens with one attached hydrogen (secondary N) is 2. The van der Waals surface area contributed by atoms with Crippen LogP contribution in [0.3, 0.4) is 0 Å². The summed E-state index contributed by atoms with van der Waals surface area (Å²) in [7, 11) is 0. The molecule has 0 heterocycles. The average Bonchev–Trinajstić information content (AvgIpc) is 3.24. The Morgan fingerprint density at radius 2 is 2.04 bits per heavy atom. The van der Waals surface area contributed by atoms with Crippen LogP contribution in [0.25, 0.3) is 0 Å². The number of anilines is 1. The van der Waals surface area contributed by atoms with Crippen LogP contribution in [0, 0.1) is 41.4 Å². The van der Waals surface area contributed by atoms with Crippen molar-refractivity contribution in [1.29, 1.82) is 0 Å². The fourth-order valence-corrected chi connectivity index (χ4v) is 8.70. The Morgan fingerprint density at radius 1 is 1.22 bits per heavy atom. The summed E-state index contributed by atoms with van der Waals surface area (Å²) < 4.78 is 0.307. The highest BCUT2D eigenvalue weighted by atomic mass is 79.9. The monoisotopic (exact) mass is 371 g/mol. The van der Waals surface area contributed by atoms with Crippen LogP contribution < -0.4 is 10.7 Å². The summed E-state index contributed by atoms with van der Waals surface area (Å²) >= 11 is 4.11. The van der Waals surface area contributed by atoms with Gasteiger partial charge in [-0.3, -0.25) is 0 Å². The van der Waals surface area contributed by atoms with Gasteiger partial charge in [-0.15, -0.1) is 0 Å². The molecule has 0 spiro atoms. The molecule has 0 unspecified atom stereocenters. The Balaban J connectivity index is 1.25. The van der Waals surface area contributed by atoms with Crippen LogP contribution in [0.15, 0.2) is 35.4 Å². The molecule has 2 N–H and O–H groups in total. The Labute approximate surface area is 143 Å². The minimum Gasteiger partial charge on any atom is -0.307 e. The summed E-state index contributed by atoms with van der Waals surface area (Å²) in [5.41, 5.74) is 4.83. The molecule has 6 fully saturated rings. The lowest BCUT2D eigenvalue weighted by Gasteiger charge is -2.37. The minimum absolute atomic E-state index is 0.245. The third kappa shape index (κ3) is 1.36. The first-order valence-electron chi connectivity index (χ1n) is 8.57. The lowest BCUT2D eigenvalue weighted by Crippen LogP contribution is -2.39. The number of carbonyl (C=O) groups excluding carboxylic acids is 1. The lowest BCUT2D eigenvalue weighted by atomic mass is 9.71. The van der Waals surface area contributed by atoms with Gasteiger partial charge in [-0.05, 0) is 54.6 Å². The van der Waals surface area contributed by atoms with E-state index < -0.39 is 0 Å². The molecule has 4 nitrogen and oxygen atoms in total. The van der Waals surface area contributed by atoms with E-state index in [4.69, 9.17) is 0 Å². The molecule has 6 saturated carbocycles. The van der Waals surface area contributed by atoms with Gasteiger partial charge >= 0.3 is 6.03 Å². The summed E-state index contributed by atoms with van der Waals surface area (Å²) in [5.74, 6) is 5.53. The number of benzene rings is 1. The number of amides is 2. The third-order valence-corrected chi connectivity index (χ3v) is 8.72. The van der Waals surface area contributed by atoms with E-state index in [2.05, 4.69) is 31.8 Å². The summed E-state index contributed by atoms with van der Waals surface area (Å²) in [5, 5.41) is 7.45. The van der Waals surface area contributed by atoms with Crippen molar-refractivity contribution < 1.29 is 4.79 Å². The predicted octanol–water partition coefficient (Wildman–Crippen LogP) is 3.46. The van der Waals surface area contributed by atoms with E-state index in [9.17, 15) is 4.79 Å². The highest BCUT2D eigenvalue weighted by Crippen LogP contribution is 2.85. The second kappa shape index (κ2) is 4.00. The first-order valence-corrected chi connectivity index (χ1v) is 9.36. The van der Waals surface area contributed by atoms with Crippen LogP contribution in [0.1, 0.15) is 12.8 Å². The van der Waals surface area contributed by atoms with E-state index in [1.807, 2.05) is 30.3 Å². The van der Waals surface area contributed by atoms with Crippen molar-refractivity contribution >= 4 is 33.4 Å². The molecule has 0 aromatic heterocycles. The van der Waals surface area contributed by atoms with Crippen LogP contribution in [-0.2, 0) is 0 Å². The summed E-state index contributed by atoms with van der Waals surface area (Å²) in [6.07, 6.45) is 2.74. The fourth-order valence-electron chi connectivity index (χ4n) is 7.16. The number of hydrogen-bond acceptors (Lipinski definition) is 2. The van der Waals surface area contributed by atoms with Crippen LogP contribution in [0.4, 0.5) is 10.5 Å². The molecule has 7 rings (SSSR count). The van der Waals surface area contributed by atoms with E-state index in [1.165, 1.54) is 18.6 Å². The fraction of sp³-hybridized carbons (Fsp3) is 0.556. The van der Waals surface area contributed by atoms with E-state index in [0.29, 0.717) is 16.2 Å². The minimum atomic E-state index is -0.245. The van der Waals surface area contributed by atoms with Gasteiger partial charge < -0.3 is 5.32 Å². The molecule has 1 aromatic carbocycles. The van der Waals surface area contributed by atoms with Crippen LogP contribution in [0.2, 0.25) is 0 Å². The van der Waals surface area contributed by atoms with Gasteiger partial charge in [0.25, 0.3) is 0 Å². The van der Waals surface area contributed by atoms with Gasteiger partial charge in [0.2, 0.25) is 0 Å². The number of hydrazone groups is 1. The zero-order chi connectivity index (χ0) is 15.3. The molecule has 0 aliphatic heterocycles. The summed E-state index contributed by atoms with van der Waals surface area (Å²) in [6.45, 7) is 0. The highest BCUT2D eigenvalue weighted by molar-refractivity contribution is 9.10. The number of alkyl halides is 1. The van der Waals surface area contributed by atoms with Gasteiger partial charge in [-0.1, -0.05) is 34.1 Å². The van der Waals surface area contributed by atoms with Crippen LogP contribution >= 0.6 is 15.9 Å². The van der Waals surface area contributed by atoms with Crippen molar-refractivity contribution in [1.82, 2.24) is 5.43 Å². The van der Waals surface area contributed by atoms with Gasteiger partial charge in [0.1, 0.15) is 0 Å². The SMILES string of the molecule is O=C(N/N=C1/[C@H]2[C@H]3C[C@H]4[C@H]5C[C@](Br)([C@H]42)[C@H]1[C@@H]53)Nc1ccccc1. The summed E-state index contributed by atoms with van der Waals surface area (Å²) in [6, 6.07) is 9.26. The van der Waals surface area contributed by atoms with Crippen LogP contribution in [-0.4, -0.2) is 16.1 Å². The molecule has 1 aromatic rings. The van der Waals surface area contributed by atoms with Crippen molar-refractivity contribution in [2.24, 2.45) is 46.5 Å². The maximum absolute atomic E-state index is 12.1. The standard InChI is InChI=1S/C18H18BrN3O/c19-18-7-11-9-6-10-12(11)15(18)16(13(10)14(9)18)21-22-17(23)20-8-4-2-1-3-5-8/h1-5,9-15H,6-7H2,(H2,20,22,23)/b21-16-/t9-,10-,11+,12+,13-,14+,15-,18-/m0/s1. The number of hydrogen-bond donors (Lipinski definition) is 2.